The van der Waals surface area contributed by atoms with Crippen molar-refractivity contribution in [2.75, 3.05) is 13.1 Å². The fraction of sp³-hybridized carbons (Fsp3) is 0.348. The predicted octanol–water partition coefficient (Wildman–Crippen LogP) is 5.20. The van der Waals surface area contributed by atoms with Crippen molar-refractivity contribution < 1.29 is 36.7 Å². The monoisotopic (exact) mass is 530 g/mol. The number of amides is 1. The number of oxime groups is 1. The molecule has 2 aromatic rings. The van der Waals surface area contributed by atoms with Crippen molar-refractivity contribution in [1.29, 1.82) is 0 Å². The molecule has 1 amide bonds. The van der Waals surface area contributed by atoms with Crippen molar-refractivity contribution in [3.05, 3.63) is 68.4 Å². The minimum absolute atomic E-state index is 0.0489. The maximum Gasteiger partial charge on any atom is 0.429 e. The standard InChI is InChI=1S/C23H16Cl2F4N2O4/c1-2-16(32)31-8-22(9-31)13-4-3-10(5-12(13)21(33)34-22)19-17(20(35-30-19)23(27,28)29)11-6-14(24)18(26)15(25)7-11/h3-7,17,20H,2,8-9H2,1H3. The van der Waals surface area contributed by atoms with E-state index in [2.05, 4.69) is 5.16 Å². The van der Waals surface area contributed by atoms with Crippen molar-refractivity contribution in [1.82, 2.24) is 4.90 Å². The molecule has 0 saturated carbocycles. The summed E-state index contributed by atoms with van der Waals surface area (Å²) in [5.74, 6) is -3.20. The number of rotatable bonds is 3. The molecule has 5 rings (SSSR count). The second-order valence-electron chi connectivity index (χ2n) is 8.57. The number of carbonyl (C=O) groups is 2. The Kier molecular flexibility index (Phi) is 5.52. The number of benzene rings is 2. The molecule has 2 aromatic carbocycles. The van der Waals surface area contributed by atoms with Gasteiger partial charge in [-0.05, 0) is 23.8 Å². The van der Waals surface area contributed by atoms with Crippen LogP contribution in [0.1, 0.15) is 46.3 Å². The summed E-state index contributed by atoms with van der Waals surface area (Å²) in [7, 11) is 0. The predicted molar refractivity (Wildman–Crippen MR) is 117 cm³/mol. The maximum atomic E-state index is 13.9. The number of fused-ring (bicyclic) bond motifs is 2. The summed E-state index contributed by atoms with van der Waals surface area (Å²) in [4.78, 5) is 30.9. The van der Waals surface area contributed by atoms with Gasteiger partial charge in [0.1, 0.15) is 0 Å². The summed E-state index contributed by atoms with van der Waals surface area (Å²) in [6, 6.07) is 6.56. The van der Waals surface area contributed by atoms with Crippen LogP contribution in [0.15, 0.2) is 35.5 Å². The lowest BCUT2D eigenvalue weighted by Crippen LogP contribution is -2.61. The highest BCUT2D eigenvalue weighted by Gasteiger charge is 2.56. The van der Waals surface area contributed by atoms with E-state index in [1.165, 1.54) is 12.1 Å². The van der Waals surface area contributed by atoms with Gasteiger partial charge in [-0.15, -0.1) is 0 Å². The van der Waals surface area contributed by atoms with Crippen molar-refractivity contribution >= 4 is 40.8 Å². The quantitative estimate of drug-likeness (QED) is 0.310. The second-order valence-corrected chi connectivity index (χ2v) is 9.38. The number of hydrogen-bond donors (Lipinski definition) is 0. The Morgan fingerprint density at radius 1 is 1.20 bits per heavy atom. The van der Waals surface area contributed by atoms with Crippen LogP contribution in [-0.2, 0) is 20.0 Å². The van der Waals surface area contributed by atoms with Crippen LogP contribution in [0.5, 0.6) is 0 Å². The molecule has 3 heterocycles. The minimum atomic E-state index is -4.82. The van der Waals surface area contributed by atoms with E-state index >= 15 is 0 Å². The summed E-state index contributed by atoms with van der Waals surface area (Å²) < 4.78 is 60.9. The third-order valence-corrected chi connectivity index (χ3v) is 6.96. The zero-order valence-electron chi connectivity index (χ0n) is 18.0. The number of nitrogens with zero attached hydrogens (tertiary/aromatic N) is 2. The van der Waals surface area contributed by atoms with Crippen molar-refractivity contribution in [3.8, 4) is 0 Å². The molecular formula is C23H16Cl2F4N2O4. The van der Waals surface area contributed by atoms with Gasteiger partial charge in [0.25, 0.3) is 0 Å². The fourth-order valence-electron chi connectivity index (χ4n) is 4.71. The van der Waals surface area contributed by atoms with Gasteiger partial charge in [0, 0.05) is 17.5 Å². The van der Waals surface area contributed by atoms with E-state index in [0.717, 1.165) is 12.1 Å². The molecule has 0 aromatic heterocycles. The van der Waals surface area contributed by atoms with Gasteiger partial charge < -0.3 is 14.5 Å². The summed E-state index contributed by atoms with van der Waals surface area (Å²) in [5.41, 5.74) is -0.255. The van der Waals surface area contributed by atoms with Crippen LogP contribution in [0.4, 0.5) is 17.6 Å². The molecule has 0 radical (unpaired) electrons. The van der Waals surface area contributed by atoms with Crippen LogP contribution in [0, 0.1) is 5.82 Å². The third-order valence-electron chi connectivity index (χ3n) is 6.41. The molecule has 35 heavy (non-hydrogen) atoms. The van der Waals surface area contributed by atoms with E-state index in [1.807, 2.05) is 0 Å². The lowest BCUT2D eigenvalue weighted by atomic mass is 9.82. The molecule has 0 bridgehead atoms. The Morgan fingerprint density at radius 3 is 2.46 bits per heavy atom. The molecular weight excluding hydrogens is 515 g/mol. The summed E-state index contributed by atoms with van der Waals surface area (Å²) in [6.45, 7) is 2.13. The zero-order valence-corrected chi connectivity index (χ0v) is 19.5. The van der Waals surface area contributed by atoms with E-state index in [9.17, 15) is 27.2 Å². The summed E-state index contributed by atoms with van der Waals surface area (Å²) in [6.07, 6.45) is -6.87. The molecule has 0 N–H and O–H groups in total. The Bertz CT molecular complexity index is 1270. The van der Waals surface area contributed by atoms with Crippen LogP contribution in [0.25, 0.3) is 0 Å². The molecule has 3 aliphatic rings. The van der Waals surface area contributed by atoms with Crippen molar-refractivity contribution in [2.24, 2.45) is 5.16 Å². The molecule has 0 aliphatic carbocycles. The lowest BCUT2D eigenvalue weighted by molar-refractivity contribution is -0.216. The molecule has 2 unspecified atom stereocenters. The van der Waals surface area contributed by atoms with Gasteiger partial charge in [0.2, 0.25) is 12.0 Å². The molecule has 2 atom stereocenters. The number of hydrogen-bond acceptors (Lipinski definition) is 5. The highest BCUT2D eigenvalue weighted by Crippen LogP contribution is 2.46. The number of ether oxygens (including phenoxy) is 1. The largest absolute Gasteiger partial charge is 0.447 e. The molecule has 1 spiro atoms. The summed E-state index contributed by atoms with van der Waals surface area (Å²) >= 11 is 11.7. The Morgan fingerprint density at radius 2 is 1.86 bits per heavy atom. The third kappa shape index (κ3) is 3.74. The summed E-state index contributed by atoms with van der Waals surface area (Å²) in [5, 5.41) is 2.77. The first-order valence-corrected chi connectivity index (χ1v) is 11.3. The van der Waals surface area contributed by atoms with E-state index in [-0.39, 0.29) is 41.4 Å². The second kappa shape index (κ2) is 8.09. The van der Waals surface area contributed by atoms with E-state index in [1.54, 1.807) is 17.9 Å². The van der Waals surface area contributed by atoms with Gasteiger partial charge in [0.15, 0.2) is 11.4 Å². The maximum absolute atomic E-state index is 13.9. The van der Waals surface area contributed by atoms with E-state index < -0.39 is 45.6 Å². The number of halogens is 6. The number of carbonyl (C=O) groups excluding carboxylic acids is 2. The Labute approximate surface area is 206 Å². The van der Waals surface area contributed by atoms with Gasteiger partial charge in [-0.2, -0.15) is 13.2 Å². The molecule has 12 heteroatoms. The van der Waals surface area contributed by atoms with Gasteiger partial charge in [0.05, 0.1) is 40.3 Å². The lowest BCUT2D eigenvalue weighted by Gasteiger charge is -2.46. The van der Waals surface area contributed by atoms with Crippen LogP contribution in [0.2, 0.25) is 10.0 Å². The van der Waals surface area contributed by atoms with Crippen LogP contribution in [-0.4, -0.2) is 47.9 Å². The normalized spacial score (nSPS) is 22.4. The Hall–Kier alpha value is -2.85. The van der Waals surface area contributed by atoms with Gasteiger partial charge in [-0.1, -0.05) is 47.4 Å². The first kappa shape index (κ1) is 23.9. The number of likely N-dealkylation sites (tertiary alicyclic amines) is 1. The van der Waals surface area contributed by atoms with Crippen molar-refractivity contribution in [3.63, 3.8) is 0 Å². The van der Waals surface area contributed by atoms with Gasteiger partial charge in [-0.25, -0.2) is 9.18 Å². The first-order chi connectivity index (χ1) is 16.4. The molecule has 184 valence electrons. The Balaban J connectivity index is 1.53. The number of alkyl halides is 3. The molecule has 1 fully saturated rings. The van der Waals surface area contributed by atoms with Crippen LogP contribution in [0.3, 0.4) is 0 Å². The van der Waals surface area contributed by atoms with Gasteiger partial charge in [-0.3, -0.25) is 4.79 Å². The first-order valence-electron chi connectivity index (χ1n) is 10.6. The minimum Gasteiger partial charge on any atom is -0.447 e. The smallest absolute Gasteiger partial charge is 0.429 e. The molecule has 6 nitrogen and oxygen atoms in total. The SMILES string of the molecule is CCC(=O)N1CC2(C1)OC(=O)c1cc(C3=NOC(C(F)(F)F)C3c3cc(Cl)c(F)c(Cl)c3)ccc12. The highest BCUT2D eigenvalue weighted by molar-refractivity contribution is 6.35. The average molecular weight is 531 g/mol. The average Bonchev–Trinajstić information content (AvgIpc) is 3.35. The van der Waals surface area contributed by atoms with E-state index in [4.69, 9.17) is 32.8 Å². The van der Waals surface area contributed by atoms with Crippen LogP contribution < -0.4 is 0 Å². The fourth-order valence-corrected chi connectivity index (χ4v) is 5.21. The zero-order chi connectivity index (χ0) is 25.3. The van der Waals surface area contributed by atoms with E-state index in [0.29, 0.717) is 12.0 Å². The highest BCUT2D eigenvalue weighted by atomic mass is 35.5. The topological polar surface area (TPSA) is 68.2 Å². The van der Waals surface area contributed by atoms with Crippen molar-refractivity contribution in [2.45, 2.75) is 37.1 Å². The van der Waals surface area contributed by atoms with Gasteiger partial charge >= 0.3 is 12.1 Å². The van der Waals surface area contributed by atoms with Crippen LogP contribution >= 0.6 is 23.2 Å². The molecule has 3 aliphatic heterocycles. The number of esters is 1. The molecule has 1 saturated heterocycles.